The number of hydrogen-bond donors (Lipinski definition) is 1. The Balaban J connectivity index is 1.66. The molecule has 3 heterocycles. The first kappa shape index (κ1) is 21.7. The van der Waals surface area contributed by atoms with Crippen molar-refractivity contribution in [2.24, 2.45) is 0 Å². The fourth-order valence-electron chi connectivity index (χ4n) is 4.39. The number of nitrogens with zero attached hydrogens (tertiary/aromatic N) is 3. The zero-order valence-electron chi connectivity index (χ0n) is 18.7. The van der Waals surface area contributed by atoms with Crippen molar-refractivity contribution in [2.75, 3.05) is 31.1 Å². The number of nitrogens with one attached hydrogen (secondary N) is 1. The summed E-state index contributed by atoms with van der Waals surface area (Å²) in [7, 11) is 0. The number of piperidine rings is 1. The molecule has 2 fully saturated rings. The molecule has 31 heavy (non-hydrogen) atoms. The summed E-state index contributed by atoms with van der Waals surface area (Å²) in [6.45, 7) is 7.66. The Kier molecular flexibility index (Phi) is 7.12. The number of aromatic nitrogens is 1. The summed E-state index contributed by atoms with van der Waals surface area (Å²) >= 11 is 0. The van der Waals surface area contributed by atoms with Gasteiger partial charge in [-0.1, -0.05) is 35.5 Å². The second kappa shape index (κ2) is 10.2. The summed E-state index contributed by atoms with van der Waals surface area (Å²) in [5.74, 6) is 0.799. The van der Waals surface area contributed by atoms with Crippen LogP contribution in [-0.2, 0) is 11.3 Å². The number of rotatable bonds is 7. The molecule has 0 bridgehead atoms. The molecule has 0 saturated carbocycles. The molecule has 0 spiro atoms. The summed E-state index contributed by atoms with van der Waals surface area (Å²) < 4.78 is 11.8. The Labute approximate surface area is 184 Å². The lowest BCUT2D eigenvalue weighted by Gasteiger charge is -2.29. The van der Waals surface area contributed by atoms with E-state index in [0.717, 1.165) is 68.1 Å². The van der Waals surface area contributed by atoms with Gasteiger partial charge in [-0.25, -0.2) is 4.79 Å². The number of carbonyl (C=O) groups is 1. The van der Waals surface area contributed by atoms with Crippen LogP contribution >= 0.6 is 0 Å². The Morgan fingerprint density at radius 3 is 2.65 bits per heavy atom. The van der Waals surface area contributed by atoms with Crippen LogP contribution in [0.2, 0.25) is 0 Å². The minimum absolute atomic E-state index is 0.0668. The quantitative estimate of drug-likeness (QED) is 0.709. The topological polar surface area (TPSA) is 70.8 Å². The molecule has 2 aliphatic rings. The number of amides is 2. The van der Waals surface area contributed by atoms with Gasteiger partial charge < -0.3 is 24.4 Å². The van der Waals surface area contributed by atoms with Gasteiger partial charge in [0.15, 0.2) is 0 Å². The van der Waals surface area contributed by atoms with Gasteiger partial charge in [0.1, 0.15) is 5.69 Å². The number of hydrogen-bond acceptors (Lipinski definition) is 5. The van der Waals surface area contributed by atoms with E-state index in [1.807, 2.05) is 49.1 Å². The van der Waals surface area contributed by atoms with Gasteiger partial charge in [-0.3, -0.25) is 0 Å². The van der Waals surface area contributed by atoms with Gasteiger partial charge in [0.2, 0.25) is 5.88 Å². The molecule has 0 radical (unpaired) electrons. The van der Waals surface area contributed by atoms with E-state index in [-0.39, 0.29) is 18.2 Å². The van der Waals surface area contributed by atoms with Crippen LogP contribution in [0.5, 0.6) is 0 Å². The average molecular weight is 427 g/mol. The molecule has 2 aromatic rings. The van der Waals surface area contributed by atoms with Crippen LogP contribution in [0.15, 0.2) is 34.9 Å². The molecule has 4 rings (SSSR count). The van der Waals surface area contributed by atoms with Crippen LogP contribution in [-0.4, -0.2) is 54.5 Å². The van der Waals surface area contributed by atoms with E-state index in [2.05, 4.69) is 15.4 Å². The lowest BCUT2D eigenvalue weighted by atomic mass is 10.1. The molecule has 1 N–H and O–H groups in total. The lowest BCUT2D eigenvalue weighted by Crippen LogP contribution is -2.45. The van der Waals surface area contributed by atoms with Gasteiger partial charge in [-0.15, -0.1) is 0 Å². The molecule has 168 valence electrons. The fourth-order valence-corrected chi connectivity index (χ4v) is 4.39. The highest BCUT2D eigenvalue weighted by Gasteiger charge is 2.29. The van der Waals surface area contributed by atoms with Crippen molar-refractivity contribution in [1.82, 2.24) is 15.4 Å². The first-order valence-electron chi connectivity index (χ1n) is 11.6. The first-order chi connectivity index (χ1) is 15.1. The standard InChI is InChI=1S/C24H34N4O3/c1-18(2)25-24(29)28(16-20-12-9-15-30-20)17-21-22(19-10-5-3-6-11-19)26-31-23(21)27-13-7-4-8-14-27/h3,5-6,10-11,18,20H,4,7-9,12-17H2,1-2H3,(H,25,29). The Hall–Kier alpha value is -2.54. The Morgan fingerprint density at radius 1 is 1.19 bits per heavy atom. The SMILES string of the molecule is CC(C)NC(=O)N(Cc1c(-c2ccccc2)noc1N1CCCCC1)CC1CCCO1. The van der Waals surface area contributed by atoms with Gasteiger partial charge in [-0.2, -0.15) is 0 Å². The van der Waals surface area contributed by atoms with Crippen LogP contribution in [0.4, 0.5) is 10.7 Å². The summed E-state index contributed by atoms with van der Waals surface area (Å²) in [6.07, 6.45) is 5.65. The third-order valence-corrected chi connectivity index (χ3v) is 5.95. The molecular formula is C24H34N4O3. The maximum absolute atomic E-state index is 13.1. The van der Waals surface area contributed by atoms with Crippen LogP contribution in [0, 0.1) is 0 Å². The highest BCUT2D eigenvalue weighted by Crippen LogP contribution is 2.34. The van der Waals surface area contributed by atoms with E-state index >= 15 is 0 Å². The van der Waals surface area contributed by atoms with Crippen LogP contribution in [0.25, 0.3) is 11.3 Å². The van der Waals surface area contributed by atoms with Crippen molar-refractivity contribution in [1.29, 1.82) is 0 Å². The molecule has 2 aliphatic heterocycles. The van der Waals surface area contributed by atoms with Gasteiger partial charge in [0.05, 0.1) is 18.2 Å². The predicted molar refractivity (Wildman–Crippen MR) is 121 cm³/mol. The van der Waals surface area contributed by atoms with Gasteiger partial charge >= 0.3 is 6.03 Å². The summed E-state index contributed by atoms with van der Waals surface area (Å²) in [4.78, 5) is 17.2. The second-order valence-electron chi connectivity index (χ2n) is 8.85. The lowest BCUT2D eigenvalue weighted by molar-refractivity contribution is 0.0791. The highest BCUT2D eigenvalue weighted by atomic mass is 16.5. The normalized spacial score (nSPS) is 19.1. The third-order valence-electron chi connectivity index (χ3n) is 5.95. The predicted octanol–water partition coefficient (Wildman–Crippen LogP) is 4.43. The maximum atomic E-state index is 13.1. The van der Waals surface area contributed by atoms with Gasteiger partial charge in [0.25, 0.3) is 0 Å². The molecule has 7 nitrogen and oxygen atoms in total. The average Bonchev–Trinajstić information content (AvgIpc) is 3.44. The van der Waals surface area contributed by atoms with Crippen LogP contribution < -0.4 is 10.2 Å². The third kappa shape index (κ3) is 5.39. The number of ether oxygens (including phenoxy) is 1. The first-order valence-corrected chi connectivity index (χ1v) is 11.6. The zero-order valence-corrected chi connectivity index (χ0v) is 18.7. The van der Waals surface area contributed by atoms with E-state index in [1.54, 1.807) is 0 Å². The number of carbonyl (C=O) groups excluding carboxylic acids is 1. The van der Waals surface area contributed by atoms with Gasteiger partial charge in [-0.05, 0) is 46.0 Å². The van der Waals surface area contributed by atoms with E-state index in [9.17, 15) is 4.79 Å². The molecule has 1 unspecified atom stereocenters. The minimum Gasteiger partial charge on any atom is -0.376 e. The Morgan fingerprint density at radius 2 is 1.97 bits per heavy atom. The second-order valence-corrected chi connectivity index (χ2v) is 8.85. The monoisotopic (exact) mass is 426 g/mol. The molecular weight excluding hydrogens is 392 g/mol. The summed E-state index contributed by atoms with van der Waals surface area (Å²) in [5, 5.41) is 7.51. The maximum Gasteiger partial charge on any atom is 0.317 e. The Bertz CT molecular complexity index is 840. The van der Waals surface area contributed by atoms with E-state index < -0.39 is 0 Å². The van der Waals surface area contributed by atoms with E-state index in [4.69, 9.17) is 9.26 Å². The van der Waals surface area contributed by atoms with Crippen molar-refractivity contribution in [2.45, 2.75) is 64.6 Å². The van der Waals surface area contributed by atoms with Crippen molar-refractivity contribution in [3.05, 3.63) is 35.9 Å². The van der Waals surface area contributed by atoms with Crippen molar-refractivity contribution in [3.63, 3.8) is 0 Å². The van der Waals surface area contributed by atoms with Crippen molar-refractivity contribution in [3.8, 4) is 11.3 Å². The number of urea groups is 1. The molecule has 1 aromatic heterocycles. The number of anilines is 1. The highest BCUT2D eigenvalue weighted by molar-refractivity contribution is 5.76. The van der Waals surface area contributed by atoms with Gasteiger partial charge in [0, 0.05) is 37.8 Å². The number of benzene rings is 1. The molecule has 1 aromatic carbocycles. The van der Waals surface area contributed by atoms with Crippen LogP contribution in [0.3, 0.4) is 0 Å². The zero-order chi connectivity index (χ0) is 21.6. The molecule has 2 saturated heterocycles. The van der Waals surface area contributed by atoms with E-state index in [0.29, 0.717) is 13.1 Å². The van der Waals surface area contributed by atoms with Crippen molar-refractivity contribution >= 4 is 11.9 Å². The molecule has 2 amide bonds. The summed E-state index contributed by atoms with van der Waals surface area (Å²) in [6, 6.07) is 10.1. The molecule has 7 heteroatoms. The molecule has 1 atom stereocenters. The fraction of sp³-hybridized carbons (Fsp3) is 0.583. The van der Waals surface area contributed by atoms with Crippen LogP contribution in [0.1, 0.15) is 51.5 Å². The minimum atomic E-state index is -0.0738. The van der Waals surface area contributed by atoms with Crippen molar-refractivity contribution < 1.29 is 14.1 Å². The van der Waals surface area contributed by atoms with E-state index in [1.165, 1.54) is 6.42 Å². The largest absolute Gasteiger partial charge is 0.376 e. The molecule has 0 aliphatic carbocycles. The summed E-state index contributed by atoms with van der Waals surface area (Å²) in [5.41, 5.74) is 2.80. The smallest absolute Gasteiger partial charge is 0.317 e.